The molecule has 0 unspecified atom stereocenters. The monoisotopic (exact) mass is 624 g/mol. The first-order valence-corrected chi connectivity index (χ1v) is 13.8. The standard InChI is InChI=1S/C32H22Br2N2O2/c33-25-15-11-23(12-16-25)29-27-28(31(37)35(29)19-21-7-3-1-4-8-21)30(24-13-17-26(34)18-14-24)36(32(27)38)20-22-9-5-2-6-10-22/h1-18H,19-20H2. The molecule has 6 heteroatoms. The number of fused-ring (bicyclic) bond motifs is 1. The Hall–Kier alpha value is -3.74. The summed E-state index contributed by atoms with van der Waals surface area (Å²) in [6, 6.07) is 35.3. The summed E-state index contributed by atoms with van der Waals surface area (Å²) < 4.78 is 1.86. The first-order valence-electron chi connectivity index (χ1n) is 12.2. The van der Waals surface area contributed by atoms with E-state index in [4.69, 9.17) is 0 Å². The van der Waals surface area contributed by atoms with Crippen LogP contribution in [0, 0.1) is 0 Å². The van der Waals surface area contributed by atoms with E-state index in [9.17, 15) is 9.59 Å². The highest BCUT2D eigenvalue weighted by Crippen LogP contribution is 2.47. The lowest BCUT2D eigenvalue weighted by Crippen LogP contribution is -2.29. The molecule has 0 saturated heterocycles. The highest BCUT2D eigenvalue weighted by molar-refractivity contribution is 9.10. The maximum atomic E-state index is 14.3. The van der Waals surface area contributed by atoms with Crippen LogP contribution in [0.5, 0.6) is 0 Å². The Morgan fingerprint density at radius 1 is 0.474 bits per heavy atom. The Morgan fingerprint density at radius 3 is 1.16 bits per heavy atom. The number of amides is 2. The van der Waals surface area contributed by atoms with E-state index >= 15 is 0 Å². The van der Waals surface area contributed by atoms with Gasteiger partial charge in [-0.15, -0.1) is 0 Å². The summed E-state index contributed by atoms with van der Waals surface area (Å²) in [5.74, 6) is -0.327. The second-order valence-electron chi connectivity index (χ2n) is 9.21. The summed E-state index contributed by atoms with van der Waals surface area (Å²) in [6.07, 6.45) is 0. The number of nitrogens with zero attached hydrogens (tertiary/aromatic N) is 2. The van der Waals surface area contributed by atoms with Gasteiger partial charge in [0.05, 0.1) is 35.6 Å². The molecule has 0 atom stereocenters. The second kappa shape index (κ2) is 10.2. The third-order valence-electron chi connectivity index (χ3n) is 6.78. The van der Waals surface area contributed by atoms with Gasteiger partial charge in [0.15, 0.2) is 0 Å². The van der Waals surface area contributed by atoms with Gasteiger partial charge < -0.3 is 9.80 Å². The molecule has 2 amide bonds. The predicted molar refractivity (Wildman–Crippen MR) is 156 cm³/mol. The predicted octanol–water partition coefficient (Wildman–Crippen LogP) is 7.42. The van der Waals surface area contributed by atoms with Gasteiger partial charge in [-0.25, -0.2) is 0 Å². The fraction of sp³-hybridized carbons (Fsp3) is 0.0625. The van der Waals surface area contributed by atoms with E-state index in [1.807, 2.05) is 109 Å². The zero-order valence-corrected chi connectivity index (χ0v) is 23.4. The summed E-state index contributed by atoms with van der Waals surface area (Å²) in [5, 5.41) is 0. The van der Waals surface area contributed by atoms with Crippen molar-refractivity contribution in [1.82, 2.24) is 9.80 Å². The van der Waals surface area contributed by atoms with Crippen LogP contribution in [0.2, 0.25) is 0 Å². The summed E-state index contributed by atoms with van der Waals surface area (Å²) in [4.78, 5) is 32.0. The van der Waals surface area contributed by atoms with E-state index in [1.165, 1.54) is 0 Å². The molecule has 2 heterocycles. The number of rotatable bonds is 6. The highest BCUT2D eigenvalue weighted by Gasteiger charge is 2.48. The summed E-state index contributed by atoms with van der Waals surface area (Å²) in [7, 11) is 0. The van der Waals surface area contributed by atoms with Crippen molar-refractivity contribution < 1.29 is 9.59 Å². The van der Waals surface area contributed by atoms with E-state index < -0.39 is 0 Å². The van der Waals surface area contributed by atoms with Gasteiger partial charge in [0, 0.05) is 8.95 Å². The first kappa shape index (κ1) is 24.6. The van der Waals surface area contributed by atoms with Crippen molar-refractivity contribution >= 4 is 55.1 Å². The molecule has 0 bridgehead atoms. The number of benzene rings is 4. The van der Waals surface area contributed by atoms with Gasteiger partial charge in [-0.05, 0) is 46.5 Å². The van der Waals surface area contributed by atoms with Crippen LogP contribution in [0.1, 0.15) is 22.3 Å². The van der Waals surface area contributed by atoms with Crippen molar-refractivity contribution in [1.29, 1.82) is 0 Å². The molecule has 4 nitrogen and oxygen atoms in total. The molecule has 4 aromatic rings. The van der Waals surface area contributed by atoms with Gasteiger partial charge in [0.2, 0.25) is 0 Å². The fourth-order valence-electron chi connectivity index (χ4n) is 5.05. The fourth-order valence-corrected chi connectivity index (χ4v) is 5.57. The van der Waals surface area contributed by atoms with Gasteiger partial charge in [-0.2, -0.15) is 0 Å². The molecule has 2 aliphatic rings. The first-order chi connectivity index (χ1) is 18.5. The molecule has 0 aromatic heterocycles. The molecule has 0 aliphatic carbocycles. The maximum absolute atomic E-state index is 14.3. The molecule has 6 rings (SSSR count). The molecule has 38 heavy (non-hydrogen) atoms. The van der Waals surface area contributed by atoms with Crippen LogP contribution in [0.3, 0.4) is 0 Å². The van der Waals surface area contributed by atoms with Crippen LogP contribution < -0.4 is 0 Å². The molecule has 186 valence electrons. The largest absolute Gasteiger partial charge is 0.302 e. The van der Waals surface area contributed by atoms with Crippen molar-refractivity contribution in [3.63, 3.8) is 0 Å². The van der Waals surface area contributed by atoms with Crippen LogP contribution in [0.15, 0.2) is 129 Å². The van der Waals surface area contributed by atoms with Crippen LogP contribution in [-0.2, 0) is 22.7 Å². The van der Waals surface area contributed by atoms with E-state index in [1.54, 1.807) is 9.80 Å². The van der Waals surface area contributed by atoms with E-state index in [0.29, 0.717) is 35.6 Å². The molecule has 2 aliphatic heterocycles. The Morgan fingerprint density at radius 2 is 0.816 bits per heavy atom. The average molecular weight is 626 g/mol. The van der Waals surface area contributed by atoms with Crippen molar-refractivity contribution in [2.75, 3.05) is 0 Å². The third-order valence-corrected chi connectivity index (χ3v) is 7.84. The molecule has 0 N–H and O–H groups in total. The third kappa shape index (κ3) is 4.44. The van der Waals surface area contributed by atoms with Gasteiger partial charge in [0.1, 0.15) is 0 Å². The van der Waals surface area contributed by atoms with Gasteiger partial charge in [0.25, 0.3) is 11.8 Å². The van der Waals surface area contributed by atoms with Gasteiger partial charge in [-0.3, -0.25) is 9.59 Å². The second-order valence-corrected chi connectivity index (χ2v) is 11.0. The number of hydrogen-bond donors (Lipinski definition) is 0. The minimum absolute atomic E-state index is 0.163. The molecule has 0 spiro atoms. The molecule has 0 radical (unpaired) electrons. The van der Waals surface area contributed by atoms with Crippen LogP contribution in [0.4, 0.5) is 0 Å². The molecule has 0 saturated carbocycles. The van der Waals surface area contributed by atoms with E-state index in [-0.39, 0.29) is 11.8 Å². The zero-order valence-electron chi connectivity index (χ0n) is 20.3. The Labute approximate surface area is 238 Å². The minimum Gasteiger partial charge on any atom is -0.302 e. The van der Waals surface area contributed by atoms with Gasteiger partial charge >= 0.3 is 0 Å². The van der Waals surface area contributed by atoms with Crippen LogP contribution in [0.25, 0.3) is 11.4 Å². The van der Waals surface area contributed by atoms with E-state index in [2.05, 4.69) is 31.9 Å². The highest BCUT2D eigenvalue weighted by atomic mass is 79.9. The van der Waals surface area contributed by atoms with Crippen molar-refractivity contribution in [2.24, 2.45) is 0 Å². The number of halogens is 2. The normalized spacial score (nSPS) is 15.1. The van der Waals surface area contributed by atoms with Crippen molar-refractivity contribution in [3.8, 4) is 0 Å². The quantitative estimate of drug-likeness (QED) is 0.224. The topological polar surface area (TPSA) is 40.6 Å². The Balaban J connectivity index is 1.57. The number of carbonyl (C=O) groups is 2. The lowest BCUT2D eigenvalue weighted by Gasteiger charge is -2.25. The summed E-state index contributed by atoms with van der Waals surface area (Å²) >= 11 is 7.02. The number of hydrogen-bond acceptors (Lipinski definition) is 2. The van der Waals surface area contributed by atoms with Gasteiger partial charge in [-0.1, -0.05) is 117 Å². The van der Waals surface area contributed by atoms with Crippen molar-refractivity contribution in [2.45, 2.75) is 13.1 Å². The summed E-state index contributed by atoms with van der Waals surface area (Å²) in [5.41, 5.74) is 5.86. The lowest BCUT2D eigenvalue weighted by atomic mass is 10.0. The molecular weight excluding hydrogens is 604 g/mol. The smallest absolute Gasteiger partial charge is 0.261 e. The molecule has 0 fully saturated rings. The Bertz CT molecular complexity index is 1470. The average Bonchev–Trinajstić information content (AvgIpc) is 3.37. The van der Waals surface area contributed by atoms with Crippen LogP contribution >= 0.6 is 31.9 Å². The van der Waals surface area contributed by atoms with E-state index in [0.717, 1.165) is 31.2 Å². The zero-order chi connectivity index (χ0) is 26.2. The minimum atomic E-state index is -0.163. The SMILES string of the molecule is O=C1C2=C(c3ccc(Br)cc3)N(Cc3ccccc3)C(=O)C2=C(c2ccc(Br)cc2)N1Cc1ccccc1. The van der Waals surface area contributed by atoms with Crippen molar-refractivity contribution in [3.05, 3.63) is 152 Å². The number of carbonyl (C=O) groups excluding carboxylic acids is 2. The molecular formula is C32H22Br2N2O2. The Kier molecular flexibility index (Phi) is 6.60. The summed E-state index contributed by atoms with van der Waals surface area (Å²) in [6.45, 7) is 0.745. The molecule has 4 aromatic carbocycles. The maximum Gasteiger partial charge on any atom is 0.261 e. The lowest BCUT2D eigenvalue weighted by molar-refractivity contribution is -0.124. The van der Waals surface area contributed by atoms with Crippen LogP contribution in [-0.4, -0.2) is 21.6 Å².